The first kappa shape index (κ1) is 22.7. The largest absolute Gasteiger partial charge is 0.477 e. The molecule has 6 nitrogen and oxygen atoms in total. The number of aromatic nitrogens is 1. The fourth-order valence-electron chi connectivity index (χ4n) is 4.68. The molecule has 8 heteroatoms. The molecule has 1 saturated heterocycles. The first-order valence-electron chi connectivity index (χ1n) is 11.3. The molecule has 1 fully saturated rings. The van der Waals surface area contributed by atoms with E-state index in [1.54, 1.807) is 11.3 Å². The summed E-state index contributed by atoms with van der Waals surface area (Å²) in [6, 6.07) is 15.7. The van der Waals surface area contributed by atoms with Gasteiger partial charge in [-0.25, -0.2) is 9.78 Å². The van der Waals surface area contributed by atoms with Gasteiger partial charge in [-0.2, -0.15) is 0 Å². The molecule has 0 aliphatic carbocycles. The topological polar surface area (TPSA) is 82.5 Å². The van der Waals surface area contributed by atoms with E-state index in [1.807, 2.05) is 60.8 Å². The summed E-state index contributed by atoms with van der Waals surface area (Å²) in [5.74, 6) is -0.944. The first-order chi connectivity index (χ1) is 16.5. The quantitative estimate of drug-likeness (QED) is 0.348. The fourth-order valence-corrected chi connectivity index (χ4v) is 6.38. The molecule has 1 amide bonds. The Morgan fingerprint density at radius 2 is 2.06 bits per heavy atom. The maximum absolute atomic E-state index is 12.9. The van der Waals surface area contributed by atoms with Crippen LogP contribution in [-0.4, -0.2) is 46.0 Å². The second kappa shape index (κ2) is 9.66. The standard InChI is InChI=1S/C26H25N3O3S2/c1-16-27-22(15-33-16)17-6-4-7-18(12-17)28-24(30)14-29-11-5-8-19(29)13-21-20-9-2-3-10-23(20)34-25(21)26(31)32/h2-4,6-7,9-10,12,15,19H,5,8,11,13-14H2,1H3,(H,28,30)(H,31,32). The molecule has 174 valence electrons. The van der Waals surface area contributed by atoms with Gasteiger partial charge < -0.3 is 10.4 Å². The summed E-state index contributed by atoms with van der Waals surface area (Å²) in [4.78, 5) is 31.9. The highest BCUT2D eigenvalue weighted by Crippen LogP contribution is 2.34. The van der Waals surface area contributed by atoms with Gasteiger partial charge in [0.25, 0.3) is 0 Å². The first-order valence-corrected chi connectivity index (χ1v) is 13.0. The maximum Gasteiger partial charge on any atom is 0.346 e. The number of hydrogen-bond donors (Lipinski definition) is 2. The lowest BCUT2D eigenvalue weighted by atomic mass is 10.0. The van der Waals surface area contributed by atoms with Crippen molar-refractivity contribution in [1.29, 1.82) is 0 Å². The minimum atomic E-state index is -0.881. The molecule has 0 saturated carbocycles. The van der Waals surface area contributed by atoms with E-state index in [1.165, 1.54) is 11.3 Å². The van der Waals surface area contributed by atoms with Crippen LogP contribution < -0.4 is 5.32 Å². The second-order valence-corrected chi connectivity index (χ2v) is 10.7. The number of nitrogens with one attached hydrogen (secondary N) is 1. The second-order valence-electron chi connectivity index (χ2n) is 8.56. The van der Waals surface area contributed by atoms with Crippen molar-refractivity contribution in [3.05, 3.63) is 69.4 Å². The summed E-state index contributed by atoms with van der Waals surface area (Å²) < 4.78 is 0.993. The molecule has 2 aromatic carbocycles. The summed E-state index contributed by atoms with van der Waals surface area (Å²) in [5.41, 5.74) is 3.53. The van der Waals surface area contributed by atoms with Crippen molar-refractivity contribution in [2.24, 2.45) is 0 Å². The van der Waals surface area contributed by atoms with Crippen LogP contribution in [0.2, 0.25) is 0 Å². The number of aromatic carboxylic acids is 1. The van der Waals surface area contributed by atoms with Crippen molar-refractivity contribution in [3.63, 3.8) is 0 Å². The summed E-state index contributed by atoms with van der Waals surface area (Å²) in [6.07, 6.45) is 2.59. The predicted octanol–water partition coefficient (Wildman–Crippen LogP) is 5.68. The Morgan fingerprint density at radius 3 is 2.85 bits per heavy atom. The number of carbonyl (C=O) groups is 2. The van der Waals surface area contributed by atoms with Crippen molar-refractivity contribution >= 4 is 50.3 Å². The predicted molar refractivity (Wildman–Crippen MR) is 138 cm³/mol. The van der Waals surface area contributed by atoms with E-state index < -0.39 is 5.97 Å². The lowest BCUT2D eigenvalue weighted by Crippen LogP contribution is -2.38. The molecule has 34 heavy (non-hydrogen) atoms. The van der Waals surface area contributed by atoms with Crippen molar-refractivity contribution in [2.45, 2.75) is 32.2 Å². The molecule has 4 aromatic rings. The highest BCUT2D eigenvalue weighted by Gasteiger charge is 2.29. The van der Waals surface area contributed by atoms with Gasteiger partial charge in [-0.1, -0.05) is 30.3 Å². The van der Waals surface area contributed by atoms with Gasteiger partial charge in [-0.15, -0.1) is 22.7 Å². The number of carboxylic acids is 1. The van der Waals surface area contributed by atoms with Crippen LogP contribution in [-0.2, 0) is 11.2 Å². The maximum atomic E-state index is 12.9. The Kier molecular flexibility index (Phi) is 6.45. The summed E-state index contributed by atoms with van der Waals surface area (Å²) in [5, 5.41) is 16.8. The Hall–Kier alpha value is -3.07. The molecule has 2 aromatic heterocycles. The van der Waals surface area contributed by atoms with Crippen LogP contribution in [0.25, 0.3) is 21.3 Å². The lowest BCUT2D eigenvalue weighted by molar-refractivity contribution is -0.117. The number of anilines is 1. The van der Waals surface area contributed by atoms with E-state index in [0.29, 0.717) is 11.3 Å². The lowest BCUT2D eigenvalue weighted by Gasteiger charge is -2.24. The number of benzene rings is 2. The molecular weight excluding hydrogens is 466 g/mol. The molecular formula is C26H25N3O3S2. The highest BCUT2D eigenvalue weighted by molar-refractivity contribution is 7.21. The van der Waals surface area contributed by atoms with Gasteiger partial charge in [0.15, 0.2) is 0 Å². The summed E-state index contributed by atoms with van der Waals surface area (Å²) in [6.45, 7) is 3.10. The zero-order valence-corrected chi connectivity index (χ0v) is 20.4. The average molecular weight is 492 g/mol. The normalized spacial score (nSPS) is 16.2. The number of amides is 1. The van der Waals surface area contributed by atoms with Crippen LogP contribution in [0.15, 0.2) is 53.9 Å². The van der Waals surface area contributed by atoms with Gasteiger partial charge >= 0.3 is 5.97 Å². The summed E-state index contributed by atoms with van der Waals surface area (Å²) in [7, 11) is 0. The van der Waals surface area contributed by atoms with Crippen LogP contribution in [0.4, 0.5) is 5.69 Å². The number of aryl methyl sites for hydroxylation is 1. The molecule has 0 bridgehead atoms. The third-order valence-corrected chi connectivity index (χ3v) is 8.21. The van der Waals surface area contributed by atoms with Gasteiger partial charge in [0.1, 0.15) is 4.88 Å². The Morgan fingerprint density at radius 1 is 1.21 bits per heavy atom. The van der Waals surface area contributed by atoms with Crippen LogP contribution in [0.1, 0.15) is 33.1 Å². The molecule has 5 rings (SSSR count). The van der Waals surface area contributed by atoms with Crippen LogP contribution in [0, 0.1) is 6.92 Å². The van der Waals surface area contributed by atoms with Crippen molar-refractivity contribution in [1.82, 2.24) is 9.88 Å². The monoisotopic (exact) mass is 491 g/mol. The third-order valence-electron chi connectivity index (χ3n) is 6.24. The summed E-state index contributed by atoms with van der Waals surface area (Å²) >= 11 is 2.94. The van der Waals surface area contributed by atoms with E-state index in [0.717, 1.165) is 57.0 Å². The SMILES string of the molecule is Cc1nc(-c2cccc(NC(=O)CN3CCCC3Cc3c(C(=O)O)sc4ccccc34)c2)cs1. The van der Waals surface area contributed by atoms with E-state index in [-0.39, 0.29) is 18.5 Å². The average Bonchev–Trinajstić information content (AvgIpc) is 3.54. The molecule has 0 radical (unpaired) electrons. The minimum Gasteiger partial charge on any atom is -0.477 e. The van der Waals surface area contributed by atoms with Gasteiger partial charge in [-0.3, -0.25) is 9.69 Å². The number of thiophene rings is 1. The number of hydrogen-bond acceptors (Lipinski definition) is 6. The number of likely N-dealkylation sites (tertiary alicyclic amines) is 1. The Labute approximate surface area is 205 Å². The zero-order chi connectivity index (χ0) is 23.7. The number of fused-ring (bicyclic) bond motifs is 1. The highest BCUT2D eigenvalue weighted by atomic mass is 32.1. The van der Waals surface area contributed by atoms with Crippen LogP contribution in [0.5, 0.6) is 0 Å². The number of rotatable bonds is 7. The molecule has 2 N–H and O–H groups in total. The van der Waals surface area contributed by atoms with E-state index in [2.05, 4.69) is 15.2 Å². The molecule has 1 aliphatic heterocycles. The molecule has 0 spiro atoms. The Bertz CT molecular complexity index is 1360. The third kappa shape index (κ3) is 4.75. The number of nitrogens with zero attached hydrogens (tertiary/aromatic N) is 2. The van der Waals surface area contributed by atoms with Gasteiger partial charge in [0.2, 0.25) is 5.91 Å². The zero-order valence-electron chi connectivity index (χ0n) is 18.8. The molecule has 1 aliphatic rings. The fraction of sp³-hybridized carbons (Fsp3) is 0.269. The van der Waals surface area contributed by atoms with E-state index in [9.17, 15) is 14.7 Å². The van der Waals surface area contributed by atoms with Gasteiger partial charge in [0.05, 0.1) is 17.2 Å². The minimum absolute atomic E-state index is 0.0628. The van der Waals surface area contributed by atoms with Crippen molar-refractivity contribution in [2.75, 3.05) is 18.4 Å². The molecule has 3 heterocycles. The van der Waals surface area contributed by atoms with Crippen LogP contribution >= 0.6 is 22.7 Å². The van der Waals surface area contributed by atoms with Crippen molar-refractivity contribution < 1.29 is 14.7 Å². The number of thiazole rings is 1. The van der Waals surface area contributed by atoms with E-state index >= 15 is 0 Å². The molecule has 1 unspecified atom stereocenters. The van der Waals surface area contributed by atoms with Crippen molar-refractivity contribution in [3.8, 4) is 11.3 Å². The van der Waals surface area contributed by atoms with E-state index in [4.69, 9.17) is 0 Å². The van der Waals surface area contributed by atoms with Gasteiger partial charge in [-0.05, 0) is 61.9 Å². The number of carboxylic acid groups (broad SMARTS) is 1. The molecule has 1 atom stereocenters. The smallest absolute Gasteiger partial charge is 0.346 e. The Balaban J connectivity index is 1.28. The van der Waals surface area contributed by atoms with Crippen LogP contribution in [0.3, 0.4) is 0 Å². The number of carbonyl (C=O) groups excluding carboxylic acids is 1. The van der Waals surface area contributed by atoms with Gasteiger partial charge in [0, 0.05) is 27.4 Å².